The van der Waals surface area contributed by atoms with Crippen LogP contribution in [0.3, 0.4) is 0 Å². The molecule has 150 valence electrons. The molecular weight excluding hydrogens is 431 g/mol. The van der Waals surface area contributed by atoms with Crippen LogP contribution in [0.2, 0.25) is 4.34 Å². The maximum atomic E-state index is 12.1. The minimum atomic E-state index is -3.88. The van der Waals surface area contributed by atoms with Crippen molar-refractivity contribution in [1.29, 1.82) is 0 Å². The van der Waals surface area contributed by atoms with Crippen molar-refractivity contribution in [3.05, 3.63) is 50.9 Å². The maximum Gasteiger partial charge on any atom is 0.303 e. The van der Waals surface area contributed by atoms with E-state index in [0.717, 1.165) is 35.0 Å². The first-order chi connectivity index (χ1) is 12.3. The Hall–Kier alpha value is -1.23. The summed E-state index contributed by atoms with van der Waals surface area (Å²) in [6.07, 6.45) is 1.94. The number of nitrogens with zero attached hydrogens (tertiary/aromatic N) is 2. The monoisotopic (exact) mass is 452 g/mol. The van der Waals surface area contributed by atoms with E-state index in [0.29, 0.717) is 11.6 Å². The number of halogens is 2. The van der Waals surface area contributed by atoms with Gasteiger partial charge in [-0.1, -0.05) is 41.9 Å². The molecule has 11 heteroatoms. The summed E-state index contributed by atoms with van der Waals surface area (Å²) < 4.78 is 26.4. The van der Waals surface area contributed by atoms with E-state index in [1.165, 1.54) is 19.7 Å². The van der Waals surface area contributed by atoms with Gasteiger partial charge in [-0.25, -0.2) is 9.71 Å². The normalized spacial score (nSPS) is 11.3. The molecule has 0 atom stereocenters. The summed E-state index contributed by atoms with van der Waals surface area (Å²) >= 11 is 7.18. The van der Waals surface area contributed by atoms with Gasteiger partial charge in [0.25, 0.3) is 5.91 Å². The highest BCUT2D eigenvalue weighted by Crippen LogP contribution is 2.24. The minimum Gasteiger partial charge on any atom is -0.310 e. The first-order valence-electron chi connectivity index (χ1n) is 7.94. The number of thiazole rings is 1. The van der Waals surface area contributed by atoms with Crippen LogP contribution < -0.4 is 10.0 Å². The third kappa shape index (κ3) is 7.36. The third-order valence-electron chi connectivity index (χ3n) is 3.49. The van der Waals surface area contributed by atoms with E-state index in [1.807, 2.05) is 22.9 Å². The number of hydrogen-bond acceptors (Lipinski definition) is 6. The van der Waals surface area contributed by atoms with Crippen LogP contribution in [-0.2, 0) is 23.2 Å². The standard InChI is InChI=1S/C16H21ClN4O3S2.ClH/c1-21(2)26(23,24)20-16(22)14-15(17)25-13(19-14)11-18-10-6-9-12-7-4-3-5-8-12;/h3-5,7-8,18H,6,9-11H2,1-2H3,(H,20,22);1H. The van der Waals surface area contributed by atoms with Gasteiger partial charge < -0.3 is 5.32 Å². The predicted molar refractivity (Wildman–Crippen MR) is 111 cm³/mol. The summed E-state index contributed by atoms with van der Waals surface area (Å²) in [6, 6.07) is 10.2. The molecule has 2 rings (SSSR count). The molecule has 0 fully saturated rings. The van der Waals surface area contributed by atoms with E-state index < -0.39 is 16.1 Å². The molecule has 0 saturated heterocycles. The van der Waals surface area contributed by atoms with Crippen LogP contribution in [-0.4, -0.2) is 44.3 Å². The van der Waals surface area contributed by atoms with Gasteiger partial charge in [-0.3, -0.25) is 4.79 Å². The molecule has 1 amide bonds. The first kappa shape index (κ1) is 23.8. The molecule has 0 saturated carbocycles. The summed E-state index contributed by atoms with van der Waals surface area (Å²) in [6.45, 7) is 1.26. The highest BCUT2D eigenvalue weighted by atomic mass is 35.5. The fourth-order valence-corrected chi connectivity index (χ4v) is 3.74. The maximum absolute atomic E-state index is 12.1. The van der Waals surface area contributed by atoms with Gasteiger partial charge >= 0.3 is 10.2 Å². The fraction of sp³-hybridized carbons (Fsp3) is 0.375. The van der Waals surface area contributed by atoms with Crippen LogP contribution in [0.5, 0.6) is 0 Å². The highest BCUT2D eigenvalue weighted by Gasteiger charge is 2.23. The molecular formula is C16H22Cl2N4O3S2. The van der Waals surface area contributed by atoms with Gasteiger partial charge in [-0.15, -0.1) is 23.7 Å². The van der Waals surface area contributed by atoms with Gasteiger partial charge in [0.2, 0.25) is 0 Å². The van der Waals surface area contributed by atoms with E-state index in [9.17, 15) is 13.2 Å². The van der Waals surface area contributed by atoms with Gasteiger partial charge in [0, 0.05) is 20.6 Å². The Kier molecular flexibility index (Phi) is 9.65. The zero-order valence-electron chi connectivity index (χ0n) is 14.9. The molecule has 2 N–H and O–H groups in total. The summed E-state index contributed by atoms with van der Waals surface area (Å²) in [5.74, 6) is -0.838. The van der Waals surface area contributed by atoms with Crippen molar-refractivity contribution in [2.24, 2.45) is 0 Å². The summed E-state index contributed by atoms with van der Waals surface area (Å²) in [5.41, 5.74) is 1.20. The van der Waals surface area contributed by atoms with E-state index in [1.54, 1.807) is 0 Å². The van der Waals surface area contributed by atoms with E-state index in [-0.39, 0.29) is 22.4 Å². The molecule has 7 nitrogen and oxygen atoms in total. The number of rotatable bonds is 9. The molecule has 0 aliphatic heterocycles. The second-order valence-electron chi connectivity index (χ2n) is 5.71. The zero-order valence-corrected chi connectivity index (χ0v) is 18.1. The van der Waals surface area contributed by atoms with Crippen molar-refractivity contribution in [3.8, 4) is 0 Å². The van der Waals surface area contributed by atoms with Crippen molar-refractivity contribution in [2.45, 2.75) is 19.4 Å². The van der Waals surface area contributed by atoms with E-state index in [4.69, 9.17) is 11.6 Å². The molecule has 0 spiro atoms. The SMILES string of the molecule is CN(C)S(=O)(=O)NC(=O)c1nc(CNCCCc2ccccc2)sc1Cl.Cl. The van der Waals surface area contributed by atoms with Crippen molar-refractivity contribution in [3.63, 3.8) is 0 Å². The molecule has 0 bridgehead atoms. The number of benzene rings is 1. The lowest BCUT2D eigenvalue weighted by Crippen LogP contribution is -2.39. The minimum absolute atomic E-state index is 0. The van der Waals surface area contributed by atoms with E-state index >= 15 is 0 Å². The van der Waals surface area contributed by atoms with E-state index in [2.05, 4.69) is 22.4 Å². The Bertz CT molecular complexity index is 843. The van der Waals surface area contributed by atoms with Crippen LogP contribution >= 0.6 is 35.3 Å². The number of aryl methyl sites for hydroxylation is 1. The van der Waals surface area contributed by atoms with Crippen LogP contribution in [0, 0.1) is 0 Å². The molecule has 0 radical (unpaired) electrons. The summed E-state index contributed by atoms with van der Waals surface area (Å²) in [7, 11) is -1.23. The smallest absolute Gasteiger partial charge is 0.303 e. The van der Waals surface area contributed by atoms with Gasteiger partial charge in [0.05, 0.1) is 0 Å². The van der Waals surface area contributed by atoms with Gasteiger partial charge in [-0.2, -0.15) is 12.7 Å². The van der Waals surface area contributed by atoms with Crippen molar-refractivity contribution < 1.29 is 13.2 Å². The third-order valence-corrected chi connectivity index (χ3v) is 6.14. The lowest BCUT2D eigenvalue weighted by atomic mass is 10.1. The second kappa shape index (κ2) is 10.9. The fourth-order valence-electron chi connectivity index (χ4n) is 2.07. The number of aromatic nitrogens is 1. The number of carbonyl (C=O) groups excluding carboxylic acids is 1. The van der Waals surface area contributed by atoms with Crippen molar-refractivity contribution in [1.82, 2.24) is 19.3 Å². The zero-order chi connectivity index (χ0) is 19.2. The Morgan fingerprint density at radius 2 is 1.93 bits per heavy atom. The number of amides is 1. The van der Waals surface area contributed by atoms with Gasteiger partial charge in [-0.05, 0) is 24.9 Å². The van der Waals surface area contributed by atoms with Crippen molar-refractivity contribution in [2.75, 3.05) is 20.6 Å². The first-order valence-corrected chi connectivity index (χ1v) is 10.6. The van der Waals surface area contributed by atoms with Crippen LogP contribution in [0.15, 0.2) is 30.3 Å². The number of carbonyl (C=O) groups is 1. The van der Waals surface area contributed by atoms with Gasteiger partial charge in [0.1, 0.15) is 9.34 Å². The summed E-state index contributed by atoms with van der Waals surface area (Å²) in [4.78, 5) is 16.2. The predicted octanol–water partition coefficient (Wildman–Crippen LogP) is 2.48. The van der Waals surface area contributed by atoms with Crippen LogP contribution in [0.25, 0.3) is 0 Å². The average Bonchev–Trinajstić information content (AvgIpc) is 2.96. The molecule has 1 aromatic heterocycles. The number of nitrogens with one attached hydrogen (secondary N) is 2. The Morgan fingerprint density at radius 1 is 1.26 bits per heavy atom. The molecule has 1 aromatic carbocycles. The molecule has 0 aliphatic rings. The lowest BCUT2D eigenvalue weighted by molar-refractivity contribution is 0.0975. The Morgan fingerprint density at radius 3 is 2.56 bits per heavy atom. The largest absolute Gasteiger partial charge is 0.310 e. The molecule has 1 heterocycles. The average molecular weight is 453 g/mol. The van der Waals surface area contributed by atoms with Crippen molar-refractivity contribution >= 4 is 51.5 Å². The topological polar surface area (TPSA) is 91.4 Å². The Balaban J connectivity index is 0.00000364. The quantitative estimate of drug-likeness (QED) is 0.570. The molecule has 2 aromatic rings. The number of hydrogen-bond donors (Lipinski definition) is 2. The molecule has 27 heavy (non-hydrogen) atoms. The molecule has 0 unspecified atom stereocenters. The van der Waals surface area contributed by atoms with Crippen LogP contribution in [0.4, 0.5) is 0 Å². The molecule has 0 aliphatic carbocycles. The van der Waals surface area contributed by atoms with Gasteiger partial charge in [0.15, 0.2) is 5.69 Å². The Labute approximate surface area is 174 Å². The highest BCUT2D eigenvalue weighted by molar-refractivity contribution is 7.87. The second-order valence-corrected chi connectivity index (χ2v) is 9.28. The van der Waals surface area contributed by atoms with Crippen LogP contribution in [0.1, 0.15) is 27.5 Å². The summed E-state index contributed by atoms with van der Waals surface area (Å²) in [5, 5.41) is 3.88. The lowest BCUT2D eigenvalue weighted by Gasteiger charge is -2.11.